The van der Waals surface area contributed by atoms with Gasteiger partial charge in [-0.25, -0.2) is 4.39 Å². The van der Waals surface area contributed by atoms with Crippen LogP contribution in [0.1, 0.15) is 18.4 Å². The zero-order chi connectivity index (χ0) is 14.5. The van der Waals surface area contributed by atoms with Crippen molar-refractivity contribution in [2.45, 2.75) is 25.4 Å². The van der Waals surface area contributed by atoms with Crippen LogP contribution in [-0.4, -0.2) is 41.7 Å². The first-order valence-electron chi connectivity index (χ1n) is 7.01. The molecule has 0 bridgehead atoms. The van der Waals surface area contributed by atoms with Gasteiger partial charge in [0, 0.05) is 6.54 Å². The first-order valence-corrected chi connectivity index (χ1v) is 7.01. The van der Waals surface area contributed by atoms with E-state index in [1.807, 2.05) is 6.07 Å². The summed E-state index contributed by atoms with van der Waals surface area (Å²) < 4.78 is 13.5. The number of rotatable bonds is 5. The van der Waals surface area contributed by atoms with Gasteiger partial charge in [-0.1, -0.05) is 18.2 Å². The van der Waals surface area contributed by atoms with Crippen molar-refractivity contribution in [2.75, 3.05) is 19.6 Å². The van der Waals surface area contributed by atoms with Crippen LogP contribution >= 0.6 is 0 Å². The molecule has 5 heteroatoms. The third-order valence-electron chi connectivity index (χ3n) is 4.03. The van der Waals surface area contributed by atoms with E-state index in [0.717, 1.165) is 38.0 Å². The predicted octanol–water partition coefficient (Wildman–Crippen LogP) is 0.926. The number of carbonyl (C=O) groups excluding carboxylic acids is 1. The minimum absolute atomic E-state index is 0.0442. The van der Waals surface area contributed by atoms with E-state index in [0.29, 0.717) is 6.42 Å². The fourth-order valence-electron chi connectivity index (χ4n) is 2.70. The molecule has 1 atom stereocenters. The standard InChI is InChI=1S/C15H21FN2O2/c16-13-4-2-1-3-11(13)5-8-18-9-6-12(7-10-18)14(19)15(17)20/h1-4,12,14,19H,5-10H2,(H2,17,20)/t14-/m0/s1. The molecule has 1 fully saturated rings. The Morgan fingerprint density at radius 3 is 2.65 bits per heavy atom. The summed E-state index contributed by atoms with van der Waals surface area (Å²) in [6, 6.07) is 6.81. The highest BCUT2D eigenvalue weighted by molar-refractivity contribution is 5.78. The zero-order valence-corrected chi connectivity index (χ0v) is 11.5. The Morgan fingerprint density at radius 2 is 2.05 bits per heavy atom. The molecular formula is C15H21FN2O2. The van der Waals surface area contributed by atoms with Crippen LogP contribution in [0.15, 0.2) is 24.3 Å². The molecule has 0 spiro atoms. The van der Waals surface area contributed by atoms with Gasteiger partial charge in [0.05, 0.1) is 0 Å². The van der Waals surface area contributed by atoms with Crippen molar-refractivity contribution in [3.8, 4) is 0 Å². The Bertz CT molecular complexity index is 459. The van der Waals surface area contributed by atoms with E-state index in [1.165, 1.54) is 6.07 Å². The second kappa shape index (κ2) is 6.81. The molecule has 0 aromatic heterocycles. The highest BCUT2D eigenvalue weighted by Crippen LogP contribution is 2.21. The molecule has 0 radical (unpaired) electrons. The van der Waals surface area contributed by atoms with Gasteiger partial charge in [0.15, 0.2) is 0 Å². The molecule has 1 heterocycles. The lowest BCUT2D eigenvalue weighted by Gasteiger charge is -2.33. The lowest BCUT2D eigenvalue weighted by atomic mass is 9.91. The van der Waals surface area contributed by atoms with E-state index >= 15 is 0 Å². The molecule has 1 aromatic rings. The van der Waals surface area contributed by atoms with Gasteiger partial charge in [0.1, 0.15) is 11.9 Å². The van der Waals surface area contributed by atoms with Crippen molar-refractivity contribution in [1.29, 1.82) is 0 Å². The average Bonchev–Trinajstić information content (AvgIpc) is 2.46. The van der Waals surface area contributed by atoms with Crippen molar-refractivity contribution in [2.24, 2.45) is 11.7 Å². The third kappa shape index (κ3) is 3.77. The highest BCUT2D eigenvalue weighted by Gasteiger charge is 2.28. The number of hydrogen-bond donors (Lipinski definition) is 2. The van der Waals surface area contributed by atoms with Gasteiger partial charge < -0.3 is 15.7 Å². The summed E-state index contributed by atoms with van der Waals surface area (Å²) in [6.45, 7) is 2.41. The number of aliphatic hydroxyl groups is 1. The summed E-state index contributed by atoms with van der Waals surface area (Å²) in [6.07, 6.45) is 1.14. The van der Waals surface area contributed by atoms with Crippen LogP contribution < -0.4 is 5.73 Å². The van der Waals surface area contributed by atoms with Gasteiger partial charge in [-0.3, -0.25) is 4.79 Å². The molecular weight excluding hydrogens is 259 g/mol. The van der Waals surface area contributed by atoms with Crippen molar-refractivity contribution < 1.29 is 14.3 Å². The monoisotopic (exact) mass is 280 g/mol. The van der Waals surface area contributed by atoms with Crippen LogP contribution in [0.3, 0.4) is 0 Å². The maximum Gasteiger partial charge on any atom is 0.246 e. The van der Waals surface area contributed by atoms with Crippen LogP contribution in [0.5, 0.6) is 0 Å². The number of hydrogen-bond acceptors (Lipinski definition) is 3. The first-order chi connectivity index (χ1) is 9.58. The van der Waals surface area contributed by atoms with Crippen LogP contribution in [0, 0.1) is 11.7 Å². The van der Waals surface area contributed by atoms with Crippen molar-refractivity contribution in [3.05, 3.63) is 35.6 Å². The van der Waals surface area contributed by atoms with E-state index < -0.39 is 12.0 Å². The van der Waals surface area contributed by atoms with Crippen molar-refractivity contribution in [1.82, 2.24) is 4.90 Å². The quantitative estimate of drug-likeness (QED) is 0.843. The molecule has 2 rings (SSSR count). The first kappa shape index (κ1) is 14.9. The minimum Gasteiger partial charge on any atom is -0.383 e. The number of carbonyl (C=O) groups is 1. The largest absolute Gasteiger partial charge is 0.383 e. The Morgan fingerprint density at radius 1 is 1.40 bits per heavy atom. The second-order valence-corrected chi connectivity index (χ2v) is 5.37. The summed E-state index contributed by atoms with van der Waals surface area (Å²) in [5, 5.41) is 9.64. The molecule has 4 nitrogen and oxygen atoms in total. The van der Waals surface area contributed by atoms with Crippen LogP contribution in [0.4, 0.5) is 4.39 Å². The lowest BCUT2D eigenvalue weighted by molar-refractivity contribution is -0.129. The Labute approximate surface area is 118 Å². The van der Waals surface area contributed by atoms with Crippen molar-refractivity contribution >= 4 is 5.91 Å². The van der Waals surface area contributed by atoms with Gasteiger partial charge in [-0.15, -0.1) is 0 Å². The molecule has 1 saturated heterocycles. The number of halogens is 1. The summed E-state index contributed by atoms with van der Waals surface area (Å²) in [7, 11) is 0. The maximum absolute atomic E-state index is 13.5. The van der Waals surface area contributed by atoms with Gasteiger partial charge in [-0.05, 0) is 49.9 Å². The number of piperidine rings is 1. The average molecular weight is 280 g/mol. The summed E-state index contributed by atoms with van der Waals surface area (Å²) >= 11 is 0. The molecule has 1 aliphatic heterocycles. The Balaban J connectivity index is 1.78. The van der Waals surface area contributed by atoms with Gasteiger partial charge in [0.25, 0.3) is 0 Å². The van der Waals surface area contributed by atoms with E-state index in [-0.39, 0.29) is 11.7 Å². The Hall–Kier alpha value is -1.46. The molecule has 20 heavy (non-hydrogen) atoms. The lowest BCUT2D eigenvalue weighted by Crippen LogP contribution is -2.43. The molecule has 3 N–H and O–H groups in total. The zero-order valence-electron chi connectivity index (χ0n) is 11.5. The highest BCUT2D eigenvalue weighted by atomic mass is 19.1. The molecule has 1 aliphatic rings. The number of nitrogens with zero attached hydrogens (tertiary/aromatic N) is 1. The summed E-state index contributed by atoms with van der Waals surface area (Å²) in [4.78, 5) is 13.2. The fourth-order valence-corrected chi connectivity index (χ4v) is 2.70. The molecule has 1 amide bonds. The molecule has 0 unspecified atom stereocenters. The Kier molecular flexibility index (Phi) is 5.09. The number of nitrogens with two attached hydrogens (primary N) is 1. The fraction of sp³-hybridized carbons (Fsp3) is 0.533. The number of likely N-dealkylation sites (tertiary alicyclic amines) is 1. The van der Waals surface area contributed by atoms with E-state index in [9.17, 15) is 14.3 Å². The van der Waals surface area contributed by atoms with Crippen LogP contribution in [0.2, 0.25) is 0 Å². The van der Waals surface area contributed by atoms with Crippen LogP contribution in [-0.2, 0) is 11.2 Å². The van der Waals surface area contributed by atoms with E-state index in [1.54, 1.807) is 12.1 Å². The van der Waals surface area contributed by atoms with Gasteiger partial charge in [-0.2, -0.15) is 0 Å². The maximum atomic E-state index is 13.5. The van der Waals surface area contributed by atoms with Crippen molar-refractivity contribution in [3.63, 3.8) is 0 Å². The van der Waals surface area contributed by atoms with E-state index in [4.69, 9.17) is 5.73 Å². The second-order valence-electron chi connectivity index (χ2n) is 5.37. The minimum atomic E-state index is -1.04. The smallest absolute Gasteiger partial charge is 0.246 e. The van der Waals surface area contributed by atoms with E-state index in [2.05, 4.69) is 4.90 Å². The number of primary amides is 1. The predicted molar refractivity (Wildman–Crippen MR) is 74.5 cm³/mol. The molecule has 110 valence electrons. The SMILES string of the molecule is NC(=O)[C@@H](O)C1CCN(CCc2ccccc2F)CC1. The number of benzene rings is 1. The third-order valence-corrected chi connectivity index (χ3v) is 4.03. The summed E-state index contributed by atoms with van der Waals surface area (Å²) in [5.74, 6) is -0.849. The topological polar surface area (TPSA) is 66.6 Å². The molecule has 0 saturated carbocycles. The molecule has 0 aliphatic carbocycles. The van der Waals surface area contributed by atoms with Gasteiger partial charge >= 0.3 is 0 Å². The summed E-state index contributed by atoms with van der Waals surface area (Å²) in [5.41, 5.74) is 5.84. The van der Waals surface area contributed by atoms with Gasteiger partial charge in [0.2, 0.25) is 5.91 Å². The molecule has 1 aromatic carbocycles. The normalized spacial score (nSPS) is 18.9. The number of amides is 1. The van der Waals surface area contributed by atoms with Crippen LogP contribution in [0.25, 0.3) is 0 Å². The number of aliphatic hydroxyl groups excluding tert-OH is 1.